The van der Waals surface area contributed by atoms with Crippen molar-refractivity contribution in [1.29, 1.82) is 0 Å². The molecule has 1 rings (SSSR count). The summed E-state index contributed by atoms with van der Waals surface area (Å²) >= 11 is 0. The van der Waals surface area contributed by atoms with Crippen LogP contribution in [0.1, 0.15) is 41.0 Å². The van der Waals surface area contributed by atoms with Gasteiger partial charge in [-0.25, -0.2) is 0 Å². The third kappa shape index (κ3) is 6.57. The highest BCUT2D eigenvalue weighted by Gasteiger charge is 2.18. The van der Waals surface area contributed by atoms with Crippen LogP contribution in [0.4, 0.5) is 11.9 Å². The molecule has 21 heavy (non-hydrogen) atoms. The lowest BCUT2D eigenvalue weighted by Crippen LogP contribution is -2.25. The fraction of sp³-hybridized carbons (Fsp3) is 0.786. The molecule has 0 saturated heterocycles. The van der Waals surface area contributed by atoms with Crippen LogP contribution in [0.15, 0.2) is 0 Å². The lowest BCUT2D eigenvalue weighted by molar-refractivity contribution is 0.218. The Morgan fingerprint density at radius 3 is 2.29 bits per heavy atom. The van der Waals surface area contributed by atoms with E-state index in [1.54, 1.807) is 0 Å². The summed E-state index contributed by atoms with van der Waals surface area (Å²) in [5, 5.41) is 15.3. The van der Waals surface area contributed by atoms with E-state index in [4.69, 9.17) is 9.84 Å². The number of aromatic nitrogens is 3. The van der Waals surface area contributed by atoms with Crippen molar-refractivity contribution >= 4 is 11.9 Å². The molecule has 0 atom stereocenters. The number of ether oxygens (including phenoxy) is 1. The Kier molecular flexibility index (Phi) is 6.61. The molecule has 7 heteroatoms. The topological polar surface area (TPSA) is 92.2 Å². The standard InChI is InChI=1S/C14H27N5O2/c1-6-15-11-17-12(16-9-14(4,5)7-8-20)19-13(18-11)21-10(2)3/h10,20H,6-9H2,1-5H3,(H2,15,16,17,18,19). The van der Waals surface area contributed by atoms with Gasteiger partial charge in [-0.2, -0.15) is 15.0 Å². The summed E-state index contributed by atoms with van der Waals surface area (Å²) in [5.74, 6) is 0.966. The zero-order chi connectivity index (χ0) is 15.9. The number of aliphatic hydroxyl groups is 1. The lowest BCUT2D eigenvalue weighted by Gasteiger charge is -2.24. The molecule has 1 heterocycles. The maximum absolute atomic E-state index is 9.06. The molecule has 0 spiro atoms. The molecular weight excluding hydrogens is 270 g/mol. The Morgan fingerprint density at radius 2 is 1.76 bits per heavy atom. The van der Waals surface area contributed by atoms with Gasteiger partial charge in [-0.3, -0.25) is 0 Å². The largest absolute Gasteiger partial charge is 0.461 e. The smallest absolute Gasteiger partial charge is 0.323 e. The monoisotopic (exact) mass is 297 g/mol. The molecular formula is C14H27N5O2. The average Bonchev–Trinajstić information content (AvgIpc) is 2.36. The number of hydrogen-bond acceptors (Lipinski definition) is 7. The van der Waals surface area contributed by atoms with E-state index in [0.717, 1.165) is 6.54 Å². The van der Waals surface area contributed by atoms with Gasteiger partial charge in [0, 0.05) is 19.7 Å². The van der Waals surface area contributed by atoms with E-state index in [0.29, 0.717) is 30.9 Å². The normalized spacial score (nSPS) is 11.6. The summed E-state index contributed by atoms with van der Waals surface area (Å²) in [7, 11) is 0. The van der Waals surface area contributed by atoms with Crippen LogP contribution in [0.5, 0.6) is 6.01 Å². The molecule has 7 nitrogen and oxygen atoms in total. The van der Waals surface area contributed by atoms with Gasteiger partial charge >= 0.3 is 6.01 Å². The van der Waals surface area contributed by atoms with E-state index in [1.807, 2.05) is 20.8 Å². The van der Waals surface area contributed by atoms with Gasteiger partial charge in [0.2, 0.25) is 11.9 Å². The van der Waals surface area contributed by atoms with Gasteiger partial charge < -0.3 is 20.5 Å². The van der Waals surface area contributed by atoms with E-state index in [-0.39, 0.29) is 18.1 Å². The van der Waals surface area contributed by atoms with Crippen molar-refractivity contribution in [3.8, 4) is 6.01 Å². The van der Waals surface area contributed by atoms with Crippen molar-refractivity contribution in [2.75, 3.05) is 30.3 Å². The Bertz CT molecular complexity index is 437. The Hall–Kier alpha value is -1.63. The van der Waals surface area contributed by atoms with Crippen LogP contribution in [-0.4, -0.2) is 45.9 Å². The molecule has 1 aromatic rings. The van der Waals surface area contributed by atoms with E-state index >= 15 is 0 Å². The van der Waals surface area contributed by atoms with Crippen LogP contribution >= 0.6 is 0 Å². The Morgan fingerprint density at radius 1 is 1.14 bits per heavy atom. The summed E-state index contributed by atoms with van der Waals surface area (Å²) in [4.78, 5) is 12.8. The Balaban J connectivity index is 2.82. The number of anilines is 2. The van der Waals surface area contributed by atoms with Gasteiger partial charge in [0.1, 0.15) is 0 Å². The molecule has 1 aromatic heterocycles. The van der Waals surface area contributed by atoms with Crippen LogP contribution < -0.4 is 15.4 Å². The SMILES string of the molecule is CCNc1nc(NCC(C)(C)CCO)nc(OC(C)C)n1. The summed E-state index contributed by atoms with van der Waals surface area (Å²) in [5.41, 5.74) is -0.0429. The summed E-state index contributed by atoms with van der Waals surface area (Å²) in [6, 6.07) is 0.304. The first-order valence-electron chi connectivity index (χ1n) is 7.37. The molecule has 0 aromatic carbocycles. The van der Waals surface area contributed by atoms with Crippen molar-refractivity contribution in [1.82, 2.24) is 15.0 Å². The third-order valence-corrected chi connectivity index (χ3v) is 2.80. The highest BCUT2D eigenvalue weighted by atomic mass is 16.5. The van der Waals surface area contributed by atoms with Crippen molar-refractivity contribution in [3.05, 3.63) is 0 Å². The molecule has 3 N–H and O–H groups in total. The predicted molar refractivity (Wildman–Crippen MR) is 83.7 cm³/mol. The predicted octanol–water partition coefficient (Wildman–Crippen LogP) is 1.91. The minimum atomic E-state index is -0.0429. The molecule has 0 unspecified atom stereocenters. The molecule has 0 bridgehead atoms. The second-order valence-electron chi connectivity index (χ2n) is 5.95. The third-order valence-electron chi connectivity index (χ3n) is 2.80. The number of rotatable bonds is 9. The molecule has 0 aliphatic rings. The molecule has 0 saturated carbocycles. The summed E-state index contributed by atoms with van der Waals surface area (Å²) in [6.07, 6.45) is 0.709. The van der Waals surface area contributed by atoms with Crippen molar-refractivity contribution < 1.29 is 9.84 Å². The number of aliphatic hydroxyl groups excluding tert-OH is 1. The average molecular weight is 297 g/mol. The highest BCUT2D eigenvalue weighted by molar-refractivity contribution is 5.36. The quantitative estimate of drug-likeness (QED) is 0.641. The van der Waals surface area contributed by atoms with Crippen LogP contribution in [0, 0.1) is 5.41 Å². The fourth-order valence-electron chi connectivity index (χ4n) is 1.65. The van der Waals surface area contributed by atoms with E-state index < -0.39 is 0 Å². The number of nitrogens with zero attached hydrogens (tertiary/aromatic N) is 3. The zero-order valence-electron chi connectivity index (χ0n) is 13.6. The van der Waals surface area contributed by atoms with Gasteiger partial charge in [-0.1, -0.05) is 13.8 Å². The van der Waals surface area contributed by atoms with Gasteiger partial charge in [-0.05, 0) is 32.6 Å². The van der Waals surface area contributed by atoms with Crippen molar-refractivity contribution in [2.45, 2.75) is 47.1 Å². The maximum Gasteiger partial charge on any atom is 0.323 e. The van der Waals surface area contributed by atoms with Crippen LogP contribution in [0.25, 0.3) is 0 Å². The minimum Gasteiger partial charge on any atom is -0.461 e. The molecule has 120 valence electrons. The highest BCUT2D eigenvalue weighted by Crippen LogP contribution is 2.20. The fourth-order valence-corrected chi connectivity index (χ4v) is 1.65. The van der Waals surface area contributed by atoms with Crippen LogP contribution in [0.2, 0.25) is 0 Å². The first-order valence-corrected chi connectivity index (χ1v) is 7.37. The van der Waals surface area contributed by atoms with E-state index in [1.165, 1.54) is 0 Å². The molecule has 0 radical (unpaired) electrons. The van der Waals surface area contributed by atoms with E-state index in [2.05, 4.69) is 39.4 Å². The van der Waals surface area contributed by atoms with Crippen LogP contribution in [-0.2, 0) is 0 Å². The molecule has 0 amide bonds. The van der Waals surface area contributed by atoms with Crippen molar-refractivity contribution in [2.24, 2.45) is 5.41 Å². The van der Waals surface area contributed by atoms with Gasteiger partial charge in [0.25, 0.3) is 0 Å². The van der Waals surface area contributed by atoms with Crippen molar-refractivity contribution in [3.63, 3.8) is 0 Å². The molecule has 0 fully saturated rings. The zero-order valence-corrected chi connectivity index (χ0v) is 13.6. The minimum absolute atomic E-state index is 0.000515. The summed E-state index contributed by atoms with van der Waals surface area (Å²) in [6.45, 7) is 11.5. The first-order chi connectivity index (χ1) is 9.86. The van der Waals surface area contributed by atoms with E-state index in [9.17, 15) is 0 Å². The van der Waals surface area contributed by atoms with Gasteiger partial charge in [0.05, 0.1) is 6.10 Å². The first kappa shape index (κ1) is 17.4. The molecule has 0 aliphatic carbocycles. The van der Waals surface area contributed by atoms with Gasteiger partial charge in [-0.15, -0.1) is 0 Å². The lowest BCUT2D eigenvalue weighted by atomic mass is 9.90. The molecule has 0 aliphatic heterocycles. The summed E-state index contributed by atoms with van der Waals surface area (Å²) < 4.78 is 5.54. The Labute approximate surface area is 126 Å². The second kappa shape index (κ2) is 7.97. The maximum atomic E-state index is 9.06. The van der Waals surface area contributed by atoms with Crippen LogP contribution in [0.3, 0.4) is 0 Å². The number of hydrogen-bond donors (Lipinski definition) is 3. The number of nitrogens with one attached hydrogen (secondary N) is 2. The second-order valence-corrected chi connectivity index (χ2v) is 5.95. The van der Waals surface area contributed by atoms with Gasteiger partial charge in [0.15, 0.2) is 0 Å².